The molecule has 0 aliphatic heterocycles. The first-order valence-electron chi connectivity index (χ1n) is 4.74. The summed E-state index contributed by atoms with van der Waals surface area (Å²) in [6, 6.07) is 7.19. The molecule has 0 radical (unpaired) electrons. The first-order chi connectivity index (χ1) is 7.63. The second kappa shape index (κ2) is 6.30. The fourth-order valence-corrected chi connectivity index (χ4v) is 1.27. The van der Waals surface area contributed by atoms with Crippen LogP contribution in [-0.4, -0.2) is 11.0 Å². The van der Waals surface area contributed by atoms with Crippen molar-refractivity contribution in [2.45, 2.75) is 13.3 Å². The molecule has 0 spiro atoms. The van der Waals surface area contributed by atoms with Crippen LogP contribution in [0.2, 0.25) is 5.02 Å². The number of nitrogens with one attached hydrogen (secondary N) is 3. The quantitative estimate of drug-likeness (QED) is 0.561. The molecule has 0 saturated carbocycles. The average Bonchev–Trinajstić information content (AvgIpc) is 2.29. The van der Waals surface area contributed by atoms with Gasteiger partial charge in [-0.1, -0.05) is 30.7 Å². The molecule has 0 unspecified atom stereocenters. The van der Waals surface area contributed by atoms with Gasteiger partial charge >= 0.3 is 0 Å². The molecule has 0 bridgehead atoms. The number of anilines is 1. The van der Waals surface area contributed by atoms with Gasteiger partial charge in [0.05, 0.1) is 10.7 Å². The molecule has 3 N–H and O–H groups in total. The Balaban J connectivity index is 2.46. The summed E-state index contributed by atoms with van der Waals surface area (Å²) in [6.45, 7) is 1.75. The van der Waals surface area contributed by atoms with Crippen LogP contribution in [-0.2, 0) is 4.79 Å². The number of thiocarbonyl (C=S) groups is 1. The molecule has 0 fully saturated rings. The van der Waals surface area contributed by atoms with E-state index in [0.717, 1.165) is 0 Å². The van der Waals surface area contributed by atoms with Crippen molar-refractivity contribution < 1.29 is 4.79 Å². The number of benzene rings is 1. The molecule has 16 heavy (non-hydrogen) atoms. The van der Waals surface area contributed by atoms with Gasteiger partial charge in [-0.3, -0.25) is 15.6 Å². The molecule has 1 rings (SSSR count). The molecule has 0 aliphatic rings. The zero-order chi connectivity index (χ0) is 12.0. The van der Waals surface area contributed by atoms with Crippen LogP contribution < -0.4 is 16.2 Å². The van der Waals surface area contributed by atoms with E-state index in [1.807, 2.05) is 12.1 Å². The monoisotopic (exact) mass is 257 g/mol. The van der Waals surface area contributed by atoms with Crippen molar-refractivity contribution in [2.24, 2.45) is 0 Å². The maximum absolute atomic E-state index is 10.9. The van der Waals surface area contributed by atoms with Gasteiger partial charge in [0.15, 0.2) is 5.11 Å². The Kier molecular flexibility index (Phi) is 5.01. The van der Waals surface area contributed by atoms with Gasteiger partial charge in [-0.05, 0) is 24.4 Å². The Hall–Kier alpha value is -1.33. The van der Waals surface area contributed by atoms with E-state index in [2.05, 4.69) is 16.2 Å². The summed E-state index contributed by atoms with van der Waals surface area (Å²) in [6.07, 6.45) is 0.391. The van der Waals surface area contributed by atoms with Gasteiger partial charge in [0, 0.05) is 6.42 Å². The van der Waals surface area contributed by atoms with Crippen LogP contribution in [0.3, 0.4) is 0 Å². The van der Waals surface area contributed by atoms with E-state index < -0.39 is 0 Å². The van der Waals surface area contributed by atoms with E-state index in [1.165, 1.54) is 0 Å². The molecule has 6 heteroatoms. The highest BCUT2D eigenvalue weighted by Gasteiger charge is 2.02. The highest BCUT2D eigenvalue weighted by Crippen LogP contribution is 2.19. The van der Waals surface area contributed by atoms with Gasteiger partial charge in [0.25, 0.3) is 0 Å². The van der Waals surface area contributed by atoms with Crippen molar-refractivity contribution in [2.75, 3.05) is 5.32 Å². The summed E-state index contributed by atoms with van der Waals surface area (Å²) in [7, 11) is 0. The van der Waals surface area contributed by atoms with Crippen LogP contribution in [0, 0.1) is 0 Å². The smallest absolute Gasteiger partial charge is 0.238 e. The lowest BCUT2D eigenvalue weighted by atomic mass is 10.3. The van der Waals surface area contributed by atoms with E-state index in [9.17, 15) is 4.79 Å². The predicted molar refractivity (Wildman–Crippen MR) is 69.2 cm³/mol. The van der Waals surface area contributed by atoms with E-state index >= 15 is 0 Å². The molecular weight excluding hydrogens is 246 g/mol. The summed E-state index contributed by atoms with van der Waals surface area (Å²) in [5.41, 5.74) is 5.69. The molecule has 1 aromatic carbocycles. The fourth-order valence-electron chi connectivity index (χ4n) is 0.931. The second-order valence-electron chi connectivity index (χ2n) is 2.96. The first kappa shape index (κ1) is 12.7. The SMILES string of the molecule is CCC(=O)NNC(=S)Nc1ccccc1Cl. The molecule has 0 aromatic heterocycles. The number of hydrogen-bond donors (Lipinski definition) is 3. The molecule has 0 heterocycles. The summed E-state index contributed by atoms with van der Waals surface area (Å²) in [4.78, 5) is 10.9. The van der Waals surface area contributed by atoms with Crippen molar-refractivity contribution >= 4 is 40.5 Å². The van der Waals surface area contributed by atoms with Gasteiger partial charge in [-0.15, -0.1) is 0 Å². The number of amides is 1. The van der Waals surface area contributed by atoms with Crippen molar-refractivity contribution in [1.82, 2.24) is 10.9 Å². The zero-order valence-electron chi connectivity index (χ0n) is 8.71. The van der Waals surface area contributed by atoms with Gasteiger partial charge in [0.2, 0.25) is 5.91 Å². The predicted octanol–water partition coefficient (Wildman–Crippen LogP) is 2.07. The van der Waals surface area contributed by atoms with Gasteiger partial charge in [-0.2, -0.15) is 0 Å². The number of hydrogen-bond acceptors (Lipinski definition) is 2. The summed E-state index contributed by atoms with van der Waals surface area (Å²) in [5, 5.41) is 3.71. The minimum absolute atomic E-state index is 0.136. The largest absolute Gasteiger partial charge is 0.330 e. The minimum Gasteiger partial charge on any atom is -0.330 e. The number of carbonyl (C=O) groups excluding carboxylic acids is 1. The average molecular weight is 258 g/mol. The van der Waals surface area contributed by atoms with Crippen LogP contribution in [0.5, 0.6) is 0 Å². The molecule has 1 aromatic rings. The maximum atomic E-state index is 10.9. The topological polar surface area (TPSA) is 53.2 Å². The summed E-state index contributed by atoms with van der Waals surface area (Å²) >= 11 is 10.9. The Morgan fingerprint density at radius 1 is 1.38 bits per heavy atom. The third kappa shape index (κ3) is 4.04. The van der Waals surface area contributed by atoms with Gasteiger partial charge < -0.3 is 5.32 Å². The number of halogens is 1. The number of hydrazine groups is 1. The Bertz CT molecular complexity index is 397. The molecule has 86 valence electrons. The van der Waals surface area contributed by atoms with Crippen LogP contribution in [0.1, 0.15) is 13.3 Å². The van der Waals surface area contributed by atoms with E-state index in [0.29, 0.717) is 17.1 Å². The number of rotatable bonds is 2. The third-order valence-electron chi connectivity index (χ3n) is 1.76. The van der Waals surface area contributed by atoms with Crippen LogP contribution in [0.25, 0.3) is 0 Å². The first-order valence-corrected chi connectivity index (χ1v) is 5.52. The summed E-state index contributed by atoms with van der Waals surface area (Å²) in [5.74, 6) is -0.136. The van der Waals surface area contributed by atoms with Gasteiger partial charge in [0.1, 0.15) is 0 Å². The summed E-state index contributed by atoms with van der Waals surface area (Å²) < 4.78 is 0. The molecule has 0 aliphatic carbocycles. The minimum atomic E-state index is -0.136. The molecule has 0 atom stereocenters. The zero-order valence-corrected chi connectivity index (χ0v) is 10.3. The maximum Gasteiger partial charge on any atom is 0.238 e. The van der Waals surface area contributed by atoms with E-state index in [-0.39, 0.29) is 11.0 Å². The van der Waals surface area contributed by atoms with Gasteiger partial charge in [-0.25, -0.2) is 0 Å². The lowest BCUT2D eigenvalue weighted by Crippen LogP contribution is -2.43. The van der Waals surface area contributed by atoms with E-state index in [4.69, 9.17) is 23.8 Å². The normalized spacial score (nSPS) is 9.38. The molecular formula is C10H12ClN3OS. The Morgan fingerprint density at radius 3 is 2.69 bits per heavy atom. The second-order valence-corrected chi connectivity index (χ2v) is 3.78. The van der Waals surface area contributed by atoms with Crippen LogP contribution in [0.4, 0.5) is 5.69 Å². The van der Waals surface area contributed by atoms with Crippen molar-refractivity contribution in [3.63, 3.8) is 0 Å². The standard InChI is InChI=1S/C10H12ClN3OS/c1-2-9(15)13-14-10(16)12-8-6-4-3-5-7(8)11/h3-6H,2H2,1H3,(H,13,15)(H2,12,14,16). The fraction of sp³-hybridized carbons (Fsp3) is 0.200. The Morgan fingerprint density at radius 2 is 2.06 bits per heavy atom. The van der Waals surface area contributed by atoms with Crippen molar-refractivity contribution in [1.29, 1.82) is 0 Å². The number of para-hydroxylation sites is 1. The van der Waals surface area contributed by atoms with Crippen molar-refractivity contribution in [3.8, 4) is 0 Å². The Labute approximate surface area is 104 Å². The lowest BCUT2D eigenvalue weighted by molar-refractivity contribution is -0.121. The van der Waals surface area contributed by atoms with Crippen LogP contribution >= 0.6 is 23.8 Å². The molecule has 0 saturated heterocycles. The highest BCUT2D eigenvalue weighted by molar-refractivity contribution is 7.80. The van der Waals surface area contributed by atoms with Crippen molar-refractivity contribution in [3.05, 3.63) is 29.3 Å². The third-order valence-corrected chi connectivity index (χ3v) is 2.29. The highest BCUT2D eigenvalue weighted by atomic mass is 35.5. The van der Waals surface area contributed by atoms with E-state index in [1.54, 1.807) is 19.1 Å². The molecule has 1 amide bonds. The van der Waals surface area contributed by atoms with Crippen LogP contribution in [0.15, 0.2) is 24.3 Å². The lowest BCUT2D eigenvalue weighted by Gasteiger charge is -2.11. The molecule has 4 nitrogen and oxygen atoms in total. The number of carbonyl (C=O) groups is 1.